The summed E-state index contributed by atoms with van der Waals surface area (Å²) in [4.78, 5) is 18.9. The first-order valence-corrected chi connectivity index (χ1v) is 10.2. The van der Waals surface area contributed by atoms with Crippen LogP contribution in [0.4, 0.5) is 16.2 Å². The van der Waals surface area contributed by atoms with Crippen molar-refractivity contribution in [2.75, 3.05) is 63.6 Å². The summed E-state index contributed by atoms with van der Waals surface area (Å²) in [6.45, 7) is 9.26. The predicted octanol–water partition coefficient (Wildman–Crippen LogP) is 3.60. The van der Waals surface area contributed by atoms with Crippen LogP contribution >= 0.6 is 0 Å². The Morgan fingerprint density at radius 3 is 2.41 bits per heavy atom. The molecule has 0 radical (unpaired) electrons. The topological polar surface area (TPSA) is 48.1 Å². The smallest absolute Gasteiger partial charge is 0.321 e. The molecule has 0 saturated carbocycles. The van der Waals surface area contributed by atoms with E-state index in [1.54, 1.807) is 11.9 Å². The van der Waals surface area contributed by atoms with Crippen LogP contribution in [0.1, 0.15) is 11.1 Å². The summed E-state index contributed by atoms with van der Waals surface area (Å²) in [5.41, 5.74) is 4.33. The third-order valence-electron chi connectivity index (χ3n) is 5.38. The number of nitrogens with one attached hydrogen (secondary N) is 1. The molecule has 0 spiro atoms. The van der Waals surface area contributed by atoms with Gasteiger partial charge >= 0.3 is 6.03 Å². The molecule has 1 aliphatic rings. The molecule has 6 heteroatoms. The van der Waals surface area contributed by atoms with Gasteiger partial charge in [0.05, 0.1) is 6.54 Å². The van der Waals surface area contributed by atoms with Crippen LogP contribution in [-0.2, 0) is 0 Å². The van der Waals surface area contributed by atoms with Crippen LogP contribution < -0.4 is 15.0 Å². The van der Waals surface area contributed by atoms with Crippen molar-refractivity contribution >= 4 is 17.4 Å². The van der Waals surface area contributed by atoms with Gasteiger partial charge < -0.3 is 24.8 Å². The number of carbonyl (C=O) groups is 1. The van der Waals surface area contributed by atoms with Gasteiger partial charge in [0, 0.05) is 44.6 Å². The fourth-order valence-electron chi connectivity index (χ4n) is 3.30. The van der Waals surface area contributed by atoms with Gasteiger partial charge in [-0.05, 0) is 56.8 Å². The van der Waals surface area contributed by atoms with E-state index in [4.69, 9.17) is 4.74 Å². The van der Waals surface area contributed by atoms with Gasteiger partial charge in [0.2, 0.25) is 0 Å². The van der Waals surface area contributed by atoms with Crippen LogP contribution in [0, 0.1) is 13.8 Å². The fourth-order valence-corrected chi connectivity index (χ4v) is 3.30. The molecular formula is C23H32N4O2. The van der Waals surface area contributed by atoms with E-state index in [0.717, 1.165) is 43.2 Å². The lowest BCUT2D eigenvalue weighted by Gasteiger charge is -2.34. The highest BCUT2D eigenvalue weighted by Crippen LogP contribution is 2.24. The Kier molecular flexibility index (Phi) is 6.99. The molecule has 29 heavy (non-hydrogen) atoms. The Labute approximate surface area is 174 Å². The Hall–Kier alpha value is -2.73. The molecular weight excluding hydrogens is 364 g/mol. The van der Waals surface area contributed by atoms with E-state index in [1.165, 1.54) is 11.3 Å². The zero-order chi connectivity index (χ0) is 20.8. The molecule has 156 valence electrons. The highest BCUT2D eigenvalue weighted by Gasteiger charge is 2.16. The molecule has 0 atom stereocenters. The van der Waals surface area contributed by atoms with Crippen molar-refractivity contribution < 1.29 is 9.53 Å². The maximum absolute atomic E-state index is 12.5. The van der Waals surface area contributed by atoms with Crippen molar-refractivity contribution in [2.45, 2.75) is 13.8 Å². The van der Waals surface area contributed by atoms with Crippen molar-refractivity contribution in [1.29, 1.82) is 0 Å². The van der Waals surface area contributed by atoms with Crippen LogP contribution in [0.25, 0.3) is 0 Å². The molecule has 0 aromatic heterocycles. The summed E-state index contributed by atoms with van der Waals surface area (Å²) in [6.07, 6.45) is 0. The van der Waals surface area contributed by atoms with Crippen molar-refractivity contribution in [1.82, 2.24) is 9.80 Å². The normalized spacial score (nSPS) is 14.6. The van der Waals surface area contributed by atoms with E-state index in [0.29, 0.717) is 13.2 Å². The summed E-state index contributed by atoms with van der Waals surface area (Å²) in [6, 6.07) is 14.0. The molecule has 1 heterocycles. The monoisotopic (exact) mass is 396 g/mol. The number of hydrogen-bond donors (Lipinski definition) is 1. The van der Waals surface area contributed by atoms with E-state index in [9.17, 15) is 4.79 Å². The Morgan fingerprint density at radius 1 is 1.07 bits per heavy atom. The standard InChI is InChI=1S/C23H32N4O2/c1-18-5-8-21(9-6-18)29-16-15-26(4)23(28)24-22-10-7-20(17-19(22)2)27-13-11-25(3)12-14-27/h5-10,17H,11-16H2,1-4H3,(H,24,28). The Morgan fingerprint density at radius 2 is 1.76 bits per heavy atom. The van der Waals surface area contributed by atoms with Gasteiger partial charge in [-0.15, -0.1) is 0 Å². The number of aryl methyl sites for hydroxylation is 2. The number of benzene rings is 2. The van der Waals surface area contributed by atoms with Gasteiger partial charge in [0.25, 0.3) is 0 Å². The number of anilines is 2. The molecule has 0 unspecified atom stereocenters. The molecule has 2 amide bonds. The van der Waals surface area contributed by atoms with E-state index in [2.05, 4.69) is 34.3 Å². The largest absolute Gasteiger partial charge is 0.492 e. The number of likely N-dealkylation sites (N-methyl/N-ethyl adjacent to an activating group) is 2. The fraction of sp³-hybridized carbons (Fsp3) is 0.435. The molecule has 0 bridgehead atoms. The summed E-state index contributed by atoms with van der Waals surface area (Å²) < 4.78 is 5.72. The van der Waals surface area contributed by atoms with E-state index in [-0.39, 0.29) is 6.03 Å². The minimum absolute atomic E-state index is 0.132. The van der Waals surface area contributed by atoms with Crippen molar-refractivity contribution in [3.8, 4) is 5.75 Å². The zero-order valence-corrected chi connectivity index (χ0v) is 17.9. The third kappa shape index (κ3) is 5.87. The lowest BCUT2D eigenvalue weighted by Crippen LogP contribution is -2.44. The number of ether oxygens (including phenoxy) is 1. The van der Waals surface area contributed by atoms with E-state index >= 15 is 0 Å². The molecule has 1 saturated heterocycles. The summed E-state index contributed by atoms with van der Waals surface area (Å²) in [5.74, 6) is 0.819. The highest BCUT2D eigenvalue weighted by atomic mass is 16.5. The highest BCUT2D eigenvalue weighted by molar-refractivity contribution is 5.90. The maximum atomic E-state index is 12.5. The average Bonchev–Trinajstić information content (AvgIpc) is 2.71. The number of piperazine rings is 1. The zero-order valence-electron chi connectivity index (χ0n) is 17.9. The molecule has 0 aliphatic carbocycles. The Balaban J connectivity index is 1.49. The molecule has 2 aromatic carbocycles. The second-order valence-electron chi connectivity index (χ2n) is 7.80. The first kappa shape index (κ1) is 21.0. The predicted molar refractivity (Wildman–Crippen MR) is 119 cm³/mol. The Bertz CT molecular complexity index is 814. The van der Waals surface area contributed by atoms with Gasteiger partial charge in [-0.2, -0.15) is 0 Å². The molecule has 1 N–H and O–H groups in total. The van der Waals surface area contributed by atoms with Crippen LogP contribution in [-0.4, -0.2) is 69.3 Å². The summed E-state index contributed by atoms with van der Waals surface area (Å²) in [5, 5.41) is 3.01. The van der Waals surface area contributed by atoms with Crippen LogP contribution in [0.15, 0.2) is 42.5 Å². The van der Waals surface area contributed by atoms with Crippen LogP contribution in [0.3, 0.4) is 0 Å². The van der Waals surface area contributed by atoms with Crippen LogP contribution in [0.5, 0.6) is 5.75 Å². The van der Waals surface area contributed by atoms with Crippen molar-refractivity contribution in [3.05, 3.63) is 53.6 Å². The molecule has 1 aliphatic heterocycles. The number of hydrogen-bond acceptors (Lipinski definition) is 4. The van der Waals surface area contributed by atoms with Crippen LogP contribution in [0.2, 0.25) is 0 Å². The quantitative estimate of drug-likeness (QED) is 0.811. The van der Waals surface area contributed by atoms with Crippen molar-refractivity contribution in [3.63, 3.8) is 0 Å². The molecule has 6 nitrogen and oxygen atoms in total. The minimum Gasteiger partial charge on any atom is -0.492 e. The van der Waals surface area contributed by atoms with E-state index in [1.807, 2.05) is 44.2 Å². The van der Waals surface area contributed by atoms with Gasteiger partial charge in [0.15, 0.2) is 0 Å². The second kappa shape index (κ2) is 9.65. The first-order valence-electron chi connectivity index (χ1n) is 10.2. The number of nitrogens with zero attached hydrogens (tertiary/aromatic N) is 3. The number of rotatable bonds is 6. The van der Waals surface area contributed by atoms with E-state index < -0.39 is 0 Å². The second-order valence-corrected chi connectivity index (χ2v) is 7.80. The van der Waals surface area contributed by atoms with Gasteiger partial charge in [-0.3, -0.25) is 0 Å². The minimum atomic E-state index is -0.132. The maximum Gasteiger partial charge on any atom is 0.321 e. The third-order valence-corrected chi connectivity index (χ3v) is 5.38. The number of carbonyl (C=O) groups excluding carboxylic acids is 1. The van der Waals surface area contributed by atoms with Crippen molar-refractivity contribution in [2.24, 2.45) is 0 Å². The molecule has 3 rings (SSSR count). The molecule has 2 aromatic rings. The summed E-state index contributed by atoms with van der Waals surface area (Å²) in [7, 11) is 3.94. The summed E-state index contributed by atoms with van der Waals surface area (Å²) >= 11 is 0. The first-order chi connectivity index (χ1) is 13.9. The van der Waals surface area contributed by atoms with Gasteiger partial charge in [-0.1, -0.05) is 17.7 Å². The SMILES string of the molecule is Cc1ccc(OCCN(C)C(=O)Nc2ccc(N3CCN(C)CC3)cc2C)cc1. The lowest BCUT2D eigenvalue weighted by molar-refractivity contribution is 0.207. The average molecular weight is 397 g/mol. The van der Waals surface area contributed by atoms with Gasteiger partial charge in [0.1, 0.15) is 12.4 Å². The lowest BCUT2D eigenvalue weighted by atomic mass is 10.1. The number of amides is 2. The number of urea groups is 1. The van der Waals surface area contributed by atoms with Gasteiger partial charge in [-0.25, -0.2) is 4.79 Å². The molecule has 1 fully saturated rings.